The average molecular weight is 460 g/mol. The molecule has 1 aromatic heterocycles. The van der Waals surface area contributed by atoms with Gasteiger partial charge in [-0.1, -0.05) is 0 Å². The van der Waals surface area contributed by atoms with Crippen LogP contribution in [-0.2, 0) is 14.8 Å². The van der Waals surface area contributed by atoms with Gasteiger partial charge in [0.15, 0.2) is 0 Å². The molecule has 9 nitrogen and oxygen atoms in total. The van der Waals surface area contributed by atoms with Crippen LogP contribution in [0.2, 0.25) is 0 Å². The number of aromatic amines is 1. The molecule has 0 spiro atoms. The second-order valence-corrected chi connectivity index (χ2v) is 9.77. The highest BCUT2D eigenvalue weighted by molar-refractivity contribution is 7.89. The third-order valence-electron chi connectivity index (χ3n) is 4.39. The van der Waals surface area contributed by atoms with Crippen molar-refractivity contribution in [2.75, 3.05) is 13.7 Å². The number of benzene rings is 2. The summed E-state index contributed by atoms with van der Waals surface area (Å²) in [4.78, 5) is 31.8. The maximum Gasteiger partial charge on any atom is 0.338 e. The fourth-order valence-corrected chi connectivity index (χ4v) is 4.55. The lowest BCUT2D eigenvalue weighted by atomic mass is 10.1. The van der Waals surface area contributed by atoms with Crippen LogP contribution in [0.1, 0.15) is 38.1 Å². The molecule has 0 amide bonds. The number of rotatable bonds is 6. The van der Waals surface area contributed by atoms with Crippen LogP contribution in [0.15, 0.2) is 46.1 Å². The fraction of sp³-hybridized carbons (Fsp3) is 0.318. The molecule has 1 heterocycles. The first-order valence-corrected chi connectivity index (χ1v) is 11.4. The van der Waals surface area contributed by atoms with E-state index in [1.165, 1.54) is 43.5 Å². The van der Waals surface area contributed by atoms with Crippen LogP contribution >= 0.6 is 0 Å². The topological polar surface area (TPSA) is 127 Å². The van der Waals surface area contributed by atoms with Gasteiger partial charge < -0.3 is 14.5 Å². The fourth-order valence-electron chi connectivity index (χ4n) is 3.11. The summed E-state index contributed by atoms with van der Waals surface area (Å²) in [6.07, 6.45) is 0. The van der Waals surface area contributed by atoms with E-state index in [9.17, 15) is 18.0 Å². The third-order valence-corrected chi connectivity index (χ3v) is 6.15. The molecule has 0 saturated carbocycles. The SMILES string of the molecule is CCOC(=O)c1ccc2nc(-c3cc(S(=O)(=O)NC(C)(C)C)ccc3OC)[nH]c(=O)c2c1. The van der Waals surface area contributed by atoms with Crippen molar-refractivity contribution in [2.45, 2.75) is 38.1 Å². The van der Waals surface area contributed by atoms with Gasteiger partial charge in [-0.2, -0.15) is 0 Å². The second kappa shape index (κ2) is 8.71. The van der Waals surface area contributed by atoms with Crippen LogP contribution in [0, 0.1) is 0 Å². The van der Waals surface area contributed by atoms with Crippen LogP contribution < -0.4 is 15.0 Å². The predicted octanol–water partition coefficient (Wildman–Crippen LogP) is 2.85. The van der Waals surface area contributed by atoms with Gasteiger partial charge in [0.25, 0.3) is 5.56 Å². The number of carbonyl (C=O) groups is 1. The van der Waals surface area contributed by atoms with E-state index >= 15 is 0 Å². The van der Waals surface area contributed by atoms with Crippen molar-refractivity contribution in [1.82, 2.24) is 14.7 Å². The Hall–Kier alpha value is -3.24. The third kappa shape index (κ3) is 4.97. The van der Waals surface area contributed by atoms with Gasteiger partial charge in [-0.05, 0) is 64.1 Å². The number of H-pyrrole nitrogens is 1. The van der Waals surface area contributed by atoms with E-state index in [0.29, 0.717) is 16.8 Å². The number of hydrogen-bond donors (Lipinski definition) is 2. The van der Waals surface area contributed by atoms with Gasteiger partial charge in [0.2, 0.25) is 10.0 Å². The van der Waals surface area contributed by atoms with E-state index in [1.54, 1.807) is 27.7 Å². The Balaban J connectivity index is 2.14. The highest BCUT2D eigenvalue weighted by Crippen LogP contribution is 2.30. The van der Waals surface area contributed by atoms with Crippen LogP contribution in [0.5, 0.6) is 5.75 Å². The number of sulfonamides is 1. The lowest BCUT2D eigenvalue weighted by Gasteiger charge is -2.21. The molecule has 0 fully saturated rings. The van der Waals surface area contributed by atoms with Crippen LogP contribution in [0.3, 0.4) is 0 Å². The summed E-state index contributed by atoms with van der Waals surface area (Å²) in [6.45, 7) is 7.12. The Kier molecular flexibility index (Phi) is 6.38. The minimum Gasteiger partial charge on any atom is -0.496 e. The highest BCUT2D eigenvalue weighted by atomic mass is 32.2. The van der Waals surface area contributed by atoms with Crippen molar-refractivity contribution in [3.63, 3.8) is 0 Å². The molecule has 3 rings (SSSR count). The number of nitrogens with zero attached hydrogens (tertiary/aromatic N) is 1. The number of hydrogen-bond acceptors (Lipinski definition) is 7. The Morgan fingerprint density at radius 3 is 2.50 bits per heavy atom. The quantitative estimate of drug-likeness (QED) is 0.543. The lowest BCUT2D eigenvalue weighted by molar-refractivity contribution is 0.0526. The van der Waals surface area contributed by atoms with E-state index in [2.05, 4.69) is 14.7 Å². The Labute approximate surface area is 185 Å². The van der Waals surface area contributed by atoms with Gasteiger partial charge in [0, 0.05) is 5.54 Å². The first kappa shape index (κ1) is 23.4. The van der Waals surface area contributed by atoms with Crippen molar-refractivity contribution < 1.29 is 22.7 Å². The molecule has 170 valence electrons. The molecule has 32 heavy (non-hydrogen) atoms. The summed E-state index contributed by atoms with van der Waals surface area (Å²) in [5, 5.41) is 0.205. The zero-order valence-corrected chi connectivity index (χ0v) is 19.3. The number of nitrogens with one attached hydrogen (secondary N) is 2. The lowest BCUT2D eigenvalue weighted by Crippen LogP contribution is -2.40. The number of ether oxygens (including phenoxy) is 2. The van der Waals surface area contributed by atoms with Crippen molar-refractivity contribution >= 4 is 26.9 Å². The van der Waals surface area contributed by atoms with Gasteiger partial charge in [-0.3, -0.25) is 4.79 Å². The zero-order valence-electron chi connectivity index (χ0n) is 18.5. The zero-order chi connectivity index (χ0) is 23.7. The molecule has 2 N–H and O–H groups in total. The summed E-state index contributed by atoms with van der Waals surface area (Å²) in [5.74, 6) is -0.0646. The maximum atomic E-state index is 12.8. The molecule has 0 saturated heterocycles. The standard InChI is InChI=1S/C22H25N3O6S/c1-6-31-21(27)13-7-9-17-15(11-13)20(26)24-19(23-17)16-12-14(8-10-18(16)30-5)32(28,29)25-22(2,3)4/h7-12,25H,6H2,1-5H3,(H,23,24,26). The Morgan fingerprint density at radius 1 is 1.16 bits per heavy atom. The number of aromatic nitrogens is 2. The minimum atomic E-state index is -3.82. The minimum absolute atomic E-state index is 0.00336. The normalized spacial score (nSPS) is 12.0. The van der Waals surface area contributed by atoms with E-state index in [0.717, 1.165) is 0 Å². The second-order valence-electron chi connectivity index (χ2n) is 8.08. The van der Waals surface area contributed by atoms with E-state index < -0.39 is 27.1 Å². The predicted molar refractivity (Wildman–Crippen MR) is 120 cm³/mol. The summed E-state index contributed by atoms with van der Waals surface area (Å²) >= 11 is 0. The summed E-state index contributed by atoms with van der Waals surface area (Å²) < 4.78 is 38.5. The van der Waals surface area contributed by atoms with Crippen LogP contribution in [-0.4, -0.2) is 43.6 Å². The van der Waals surface area contributed by atoms with Crippen molar-refractivity contribution in [3.05, 3.63) is 52.3 Å². The van der Waals surface area contributed by atoms with E-state index in [4.69, 9.17) is 9.47 Å². The largest absolute Gasteiger partial charge is 0.496 e. The van der Waals surface area contributed by atoms with Crippen LogP contribution in [0.25, 0.3) is 22.3 Å². The molecule has 0 radical (unpaired) electrons. The van der Waals surface area contributed by atoms with Gasteiger partial charge >= 0.3 is 5.97 Å². The summed E-state index contributed by atoms with van der Waals surface area (Å²) in [5.41, 5.74) is -0.291. The van der Waals surface area contributed by atoms with E-state index in [-0.39, 0.29) is 28.3 Å². The number of carbonyl (C=O) groups excluding carboxylic acids is 1. The molecule has 0 atom stereocenters. The van der Waals surface area contributed by atoms with Crippen LogP contribution in [0.4, 0.5) is 0 Å². The number of fused-ring (bicyclic) bond motifs is 1. The van der Waals surface area contributed by atoms with E-state index in [1.807, 2.05) is 0 Å². The molecule has 0 aliphatic carbocycles. The summed E-state index contributed by atoms with van der Waals surface area (Å²) in [7, 11) is -2.39. The molecule has 3 aromatic rings. The van der Waals surface area contributed by atoms with Gasteiger partial charge in [0.1, 0.15) is 11.6 Å². The average Bonchev–Trinajstić information content (AvgIpc) is 2.71. The molecule has 10 heteroatoms. The molecule has 2 aromatic carbocycles. The smallest absolute Gasteiger partial charge is 0.338 e. The van der Waals surface area contributed by atoms with Crippen molar-refractivity contribution in [3.8, 4) is 17.1 Å². The van der Waals surface area contributed by atoms with Gasteiger partial charge in [-0.25, -0.2) is 22.9 Å². The molecule has 0 bridgehead atoms. The Morgan fingerprint density at radius 2 is 1.88 bits per heavy atom. The Bertz CT molecular complexity index is 1340. The molecular weight excluding hydrogens is 434 g/mol. The molecule has 0 unspecified atom stereocenters. The highest BCUT2D eigenvalue weighted by Gasteiger charge is 2.24. The number of methoxy groups -OCH3 is 1. The molecular formula is C22H25N3O6S. The van der Waals surface area contributed by atoms with Gasteiger partial charge in [-0.15, -0.1) is 0 Å². The molecule has 0 aliphatic rings. The maximum absolute atomic E-state index is 12.8. The van der Waals surface area contributed by atoms with Gasteiger partial charge in [0.05, 0.1) is 40.6 Å². The monoisotopic (exact) mass is 459 g/mol. The number of esters is 1. The summed E-state index contributed by atoms with van der Waals surface area (Å²) in [6, 6.07) is 8.77. The molecule has 0 aliphatic heterocycles. The first-order chi connectivity index (χ1) is 14.9. The van der Waals surface area contributed by atoms with Crippen molar-refractivity contribution in [2.24, 2.45) is 0 Å². The van der Waals surface area contributed by atoms with Crippen molar-refractivity contribution in [1.29, 1.82) is 0 Å². The first-order valence-electron chi connectivity index (χ1n) is 9.89.